The molecular formula is C13H19F3N2O. The second kappa shape index (κ2) is 5.53. The summed E-state index contributed by atoms with van der Waals surface area (Å²) in [5.74, 6) is -0.0648. The summed E-state index contributed by atoms with van der Waals surface area (Å²) in [6.07, 6.45) is -0.0510. The maximum atomic E-state index is 12.5. The maximum Gasteiger partial charge on any atom is 0.412 e. The van der Waals surface area contributed by atoms with Crippen molar-refractivity contribution in [1.29, 1.82) is 0 Å². The highest BCUT2D eigenvalue weighted by molar-refractivity contribution is 5.79. The van der Waals surface area contributed by atoms with Gasteiger partial charge in [-0.2, -0.15) is 13.2 Å². The molecule has 1 aliphatic heterocycles. The molecule has 6 heteroatoms. The van der Waals surface area contributed by atoms with Crippen molar-refractivity contribution in [1.82, 2.24) is 4.90 Å². The van der Waals surface area contributed by atoms with Gasteiger partial charge >= 0.3 is 6.18 Å². The molecule has 0 radical (unpaired) electrons. The first kappa shape index (κ1) is 14.4. The Hall–Kier alpha value is -1.04. The van der Waals surface area contributed by atoms with Crippen LogP contribution in [0.4, 0.5) is 13.2 Å². The predicted molar refractivity (Wildman–Crippen MR) is 65.3 cm³/mol. The van der Waals surface area contributed by atoms with Gasteiger partial charge < -0.3 is 10.6 Å². The van der Waals surface area contributed by atoms with Crippen LogP contribution in [0.1, 0.15) is 32.1 Å². The number of hydrogen-bond acceptors (Lipinski definition) is 2. The van der Waals surface area contributed by atoms with Gasteiger partial charge in [-0.3, -0.25) is 4.79 Å². The molecular weight excluding hydrogens is 257 g/mol. The van der Waals surface area contributed by atoms with Crippen molar-refractivity contribution in [2.45, 2.75) is 44.3 Å². The highest BCUT2D eigenvalue weighted by Crippen LogP contribution is 2.31. The molecule has 2 rings (SSSR count). The lowest BCUT2D eigenvalue weighted by Crippen LogP contribution is -2.42. The van der Waals surface area contributed by atoms with E-state index in [1.807, 2.05) is 0 Å². The molecule has 0 bridgehead atoms. The minimum Gasteiger partial charge on any atom is -0.338 e. The number of halogens is 3. The van der Waals surface area contributed by atoms with E-state index in [1.165, 1.54) is 4.90 Å². The van der Waals surface area contributed by atoms with Gasteiger partial charge in [0.2, 0.25) is 5.91 Å². The van der Waals surface area contributed by atoms with Crippen LogP contribution in [0.15, 0.2) is 11.6 Å². The number of nitrogens with zero attached hydrogens (tertiary/aromatic N) is 1. The van der Waals surface area contributed by atoms with Crippen molar-refractivity contribution in [3.05, 3.63) is 11.6 Å². The first-order chi connectivity index (χ1) is 8.88. The summed E-state index contributed by atoms with van der Waals surface area (Å²) in [6, 6.07) is 0.169. The SMILES string of the molecule is NC1CCC(C(=O)N2CC=C(C(F)(F)F)CC2)CC1. The van der Waals surface area contributed by atoms with E-state index < -0.39 is 11.7 Å². The molecule has 3 nitrogen and oxygen atoms in total. The average molecular weight is 276 g/mol. The van der Waals surface area contributed by atoms with Crippen LogP contribution < -0.4 is 5.73 Å². The number of hydrogen-bond donors (Lipinski definition) is 1. The number of carbonyl (C=O) groups is 1. The smallest absolute Gasteiger partial charge is 0.338 e. The summed E-state index contributed by atoms with van der Waals surface area (Å²) in [6.45, 7) is 0.253. The van der Waals surface area contributed by atoms with Gasteiger partial charge in [-0.25, -0.2) is 0 Å². The zero-order valence-electron chi connectivity index (χ0n) is 10.7. The van der Waals surface area contributed by atoms with Crippen LogP contribution in [0.25, 0.3) is 0 Å². The van der Waals surface area contributed by atoms with Crippen LogP contribution in [0, 0.1) is 5.92 Å². The second-order valence-electron chi connectivity index (χ2n) is 5.37. The summed E-state index contributed by atoms with van der Waals surface area (Å²) in [4.78, 5) is 13.7. The lowest BCUT2D eigenvalue weighted by Gasteiger charge is -2.33. The zero-order valence-corrected chi connectivity index (χ0v) is 10.7. The zero-order chi connectivity index (χ0) is 14.0. The van der Waals surface area contributed by atoms with E-state index in [4.69, 9.17) is 5.73 Å². The molecule has 0 aromatic carbocycles. The Kier molecular flexibility index (Phi) is 4.18. The number of nitrogens with two attached hydrogens (primary N) is 1. The topological polar surface area (TPSA) is 46.3 Å². The van der Waals surface area contributed by atoms with E-state index in [-0.39, 0.29) is 37.4 Å². The maximum absolute atomic E-state index is 12.5. The Bertz CT molecular complexity index is 371. The standard InChI is InChI=1S/C13H19F3N2O/c14-13(15,16)10-5-7-18(8-6-10)12(19)9-1-3-11(17)4-2-9/h5,9,11H,1-4,6-8,17H2. The molecule has 1 amide bonds. The number of carbonyl (C=O) groups excluding carboxylic acids is 1. The van der Waals surface area contributed by atoms with Gasteiger partial charge in [0.25, 0.3) is 0 Å². The van der Waals surface area contributed by atoms with Gasteiger partial charge in [0.05, 0.1) is 0 Å². The molecule has 0 aromatic heterocycles. The van der Waals surface area contributed by atoms with Gasteiger partial charge in [0.1, 0.15) is 0 Å². The van der Waals surface area contributed by atoms with Crippen molar-refractivity contribution in [3.8, 4) is 0 Å². The Morgan fingerprint density at radius 1 is 1.26 bits per heavy atom. The Morgan fingerprint density at radius 2 is 1.89 bits per heavy atom. The largest absolute Gasteiger partial charge is 0.412 e. The molecule has 0 aromatic rings. The lowest BCUT2D eigenvalue weighted by molar-refractivity contribution is -0.137. The van der Waals surface area contributed by atoms with Gasteiger partial charge in [0.15, 0.2) is 0 Å². The van der Waals surface area contributed by atoms with Crippen LogP contribution in [0.2, 0.25) is 0 Å². The summed E-state index contributed by atoms with van der Waals surface area (Å²) >= 11 is 0. The van der Waals surface area contributed by atoms with E-state index in [9.17, 15) is 18.0 Å². The van der Waals surface area contributed by atoms with Gasteiger partial charge in [-0.15, -0.1) is 0 Å². The van der Waals surface area contributed by atoms with E-state index in [2.05, 4.69) is 0 Å². The monoisotopic (exact) mass is 276 g/mol. The van der Waals surface area contributed by atoms with Gasteiger partial charge in [0, 0.05) is 30.6 Å². The lowest BCUT2D eigenvalue weighted by atomic mass is 9.85. The average Bonchev–Trinajstić information content (AvgIpc) is 2.38. The first-order valence-electron chi connectivity index (χ1n) is 6.68. The molecule has 0 saturated heterocycles. The first-order valence-corrected chi connectivity index (χ1v) is 6.68. The summed E-state index contributed by atoms with van der Waals surface area (Å²) in [7, 11) is 0. The Balaban J connectivity index is 1.91. The van der Waals surface area contributed by atoms with Crippen LogP contribution in [0.3, 0.4) is 0 Å². The molecule has 0 unspecified atom stereocenters. The van der Waals surface area contributed by atoms with Crippen LogP contribution in [-0.2, 0) is 4.79 Å². The summed E-state index contributed by atoms with van der Waals surface area (Å²) in [5.41, 5.74) is 5.27. The third kappa shape index (κ3) is 3.49. The molecule has 1 saturated carbocycles. The number of rotatable bonds is 1. The predicted octanol–water partition coefficient (Wildman–Crippen LogP) is 2.22. The van der Waals surface area contributed by atoms with Crippen molar-refractivity contribution < 1.29 is 18.0 Å². The van der Waals surface area contributed by atoms with Gasteiger partial charge in [-0.1, -0.05) is 6.08 Å². The molecule has 2 N–H and O–H groups in total. The molecule has 2 aliphatic rings. The Labute approximate surface area is 110 Å². The molecule has 0 spiro atoms. The normalized spacial score (nSPS) is 29.1. The molecule has 1 fully saturated rings. The van der Waals surface area contributed by atoms with E-state index in [0.717, 1.165) is 31.8 Å². The molecule has 19 heavy (non-hydrogen) atoms. The highest BCUT2D eigenvalue weighted by atomic mass is 19.4. The number of amides is 1. The van der Waals surface area contributed by atoms with Crippen molar-refractivity contribution in [2.75, 3.05) is 13.1 Å². The number of alkyl halides is 3. The highest BCUT2D eigenvalue weighted by Gasteiger charge is 2.36. The molecule has 1 heterocycles. The molecule has 0 atom stereocenters. The summed E-state index contributed by atoms with van der Waals surface area (Å²) in [5, 5.41) is 0. The summed E-state index contributed by atoms with van der Waals surface area (Å²) < 4.78 is 37.4. The van der Waals surface area contributed by atoms with E-state index in [1.54, 1.807) is 0 Å². The third-order valence-corrected chi connectivity index (χ3v) is 4.01. The Morgan fingerprint density at radius 3 is 2.37 bits per heavy atom. The van der Waals surface area contributed by atoms with E-state index in [0.29, 0.717) is 0 Å². The van der Waals surface area contributed by atoms with Gasteiger partial charge in [-0.05, 0) is 32.1 Å². The molecule has 1 aliphatic carbocycles. The fraction of sp³-hybridized carbons (Fsp3) is 0.769. The fourth-order valence-electron chi connectivity index (χ4n) is 2.75. The van der Waals surface area contributed by atoms with Crippen molar-refractivity contribution in [3.63, 3.8) is 0 Å². The minimum absolute atomic E-state index is 0.00984. The second-order valence-corrected chi connectivity index (χ2v) is 5.37. The third-order valence-electron chi connectivity index (χ3n) is 4.01. The minimum atomic E-state index is -4.26. The van der Waals surface area contributed by atoms with Crippen LogP contribution in [-0.4, -0.2) is 36.1 Å². The fourth-order valence-corrected chi connectivity index (χ4v) is 2.75. The van der Waals surface area contributed by atoms with Crippen LogP contribution >= 0.6 is 0 Å². The van der Waals surface area contributed by atoms with Crippen molar-refractivity contribution in [2.24, 2.45) is 11.7 Å². The van der Waals surface area contributed by atoms with E-state index >= 15 is 0 Å². The molecule has 108 valence electrons. The van der Waals surface area contributed by atoms with Crippen LogP contribution in [0.5, 0.6) is 0 Å². The quantitative estimate of drug-likeness (QED) is 0.746. The van der Waals surface area contributed by atoms with Crippen molar-refractivity contribution >= 4 is 5.91 Å².